The smallest absolute Gasteiger partial charge is 0.323 e. The van der Waals surface area contributed by atoms with Crippen molar-refractivity contribution in [3.63, 3.8) is 0 Å². The van der Waals surface area contributed by atoms with Crippen LogP contribution in [0, 0.1) is 0 Å². The molecule has 0 saturated carbocycles. The van der Waals surface area contributed by atoms with Gasteiger partial charge in [0, 0.05) is 6.54 Å². The number of esters is 1. The first-order chi connectivity index (χ1) is 8.11. The van der Waals surface area contributed by atoms with E-state index in [-0.39, 0.29) is 24.0 Å². The summed E-state index contributed by atoms with van der Waals surface area (Å²) in [6.07, 6.45) is 1.72. The molecule has 5 heteroatoms. The third-order valence-electron chi connectivity index (χ3n) is 3.08. The SMILES string of the molecule is CCNC(=O)C(C)N1CCCC1C(=O)OCC. The maximum Gasteiger partial charge on any atom is 0.323 e. The van der Waals surface area contributed by atoms with E-state index >= 15 is 0 Å². The molecule has 0 spiro atoms. The van der Waals surface area contributed by atoms with Crippen molar-refractivity contribution < 1.29 is 14.3 Å². The first kappa shape index (κ1) is 14.0. The first-order valence-corrected chi connectivity index (χ1v) is 6.31. The van der Waals surface area contributed by atoms with Gasteiger partial charge in [-0.25, -0.2) is 0 Å². The highest BCUT2D eigenvalue weighted by Gasteiger charge is 2.36. The summed E-state index contributed by atoms with van der Waals surface area (Å²) >= 11 is 0. The molecule has 0 aliphatic carbocycles. The average Bonchev–Trinajstić information content (AvgIpc) is 2.77. The zero-order valence-electron chi connectivity index (χ0n) is 10.9. The number of hydrogen-bond donors (Lipinski definition) is 1. The van der Waals surface area contributed by atoms with E-state index in [0.717, 1.165) is 19.4 Å². The molecule has 0 aromatic rings. The van der Waals surface area contributed by atoms with Gasteiger partial charge in [0.25, 0.3) is 0 Å². The molecule has 0 aromatic carbocycles. The summed E-state index contributed by atoms with van der Waals surface area (Å²) in [5, 5.41) is 2.78. The van der Waals surface area contributed by atoms with Crippen LogP contribution in [0.3, 0.4) is 0 Å². The second kappa shape index (κ2) is 6.59. The van der Waals surface area contributed by atoms with Crippen LogP contribution in [0.4, 0.5) is 0 Å². The second-order valence-electron chi connectivity index (χ2n) is 4.22. The molecule has 2 atom stereocenters. The highest BCUT2D eigenvalue weighted by atomic mass is 16.5. The molecule has 0 radical (unpaired) electrons. The fraction of sp³-hybridized carbons (Fsp3) is 0.833. The molecule has 0 aromatic heterocycles. The summed E-state index contributed by atoms with van der Waals surface area (Å²) in [5.41, 5.74) is 0. The van der Waals surface area contributed by atoms with Gasteiger partial charge in [-0.05, 0) is 40.2 Å². The Morgan fingerprint density at radius 3 is 2.76 bits per heavy atom. The van der Waals surface area contributed by atoms with Crippen LogP contribution in [0.5, 0.6) is 0 Å². The lowest BCUT2D eigenvalue weighted by Crippen LogP contribution is -2.49. The first-order valence-electron chi connectivity index (χ1n) is 6.31. The van der Waals surface area contributed by atoms with Gasteiger partial charge in [0.1, 0.15) is 6.04 Å². The molecular weight excluding hydrogens is 220 g/mol. The minimum Gasteiger partial charge on any atom is -0.465 e. The van der Waals surface area contributed by atoms with Gasteiger partial charge in [-0.2, -0.15) is 0 Å². The van der Waals surface area contributed by atoms with Gasteiger partial charge >= 0.3 is 5.97 Å². The van der Waals surface area contributed by atoms with Gasteiger partial charge in [0.15, 0.2) is 0 Å². The highest BCUT2D eigenvalue weighted by molar-refractivity contribution is 5.83. The summed E-state index contributed by atoms with van der Waals surface area (Å²) < 4.78 is 5.03. The molecular formula is C12H22N2O3. The number of rotatable bonds is 5. The van der Waals surface area contributed by atoms with Gasteiger partial charge in [-0.3, -0.25) is 14.5 Å². The maximum absolute atomic E-state index is 11.8. The Morgan fingerprint density at radius 1 is 1.47 bits per heavy atom. The van der Waals surface area contributed by atoms with Crippen LogP contribution in [0.15, 0.2) is 0 Å². The highest BCUT2D eigenvalue weighted by Crippen LogP contribution is 2.21. The number of likely N-dealkylation sites (N-methyl/N-ethyl adjacent to an activating group) is 1. The molecule has 1 fully saturated rings. The zero-order valence-corrected chi connectivity index (χ0v) is 10.9. The number of nitrogens with zero attached hydrogens (tertiary/aromatic N) is 1. The molecule has 1 aliphatic heterocycles. The molecule has 1 rings (SSSR count). The number of ether oxygens (including phenoxy) is 1. The minimum atomic E-state index is -0.271. The van der Waals surface area contributed by atoms with Crippen LogP contribution in [-0.4, -0.2) is 48.6 Å². The normalized spacial score (nSPS) is 22.2. The Balaban J connectivity index is 2.62. The molecule has 5 nitrogen and oxygen atoms in total. The summed E-state index contributed by atoms with van der Waals surface area (Å²) in [5.74, 6) is -0.232. The molecule has 1 aliphatic rings. The Kier molecular flexibility index (Phi) is 5.41. The van der Waals surface area contributed by atoms with Crippen molar-refractivity contribution in [2.45, 2.75) is 45.7 Å². The lowest BCUT2D eigenvalue weighted by molar-refractivity contribution is -0.149. The van der Waals surface area contributed by atoms with Crippen molar-refractivity contribution in [1.29, 1.82) is 0 Å². The molecule has 1 N–H and O–H groups in total. The van der Waals surface area contributed by atoms with Crippen molar-refractivity contribution in [2.24, 2.45) is 0 Å². The van der Waals surface area contributed by atoms with E-state index < -0.39 is 0 Å². The number of amides is 1. The van der Waals surface area contributed by atoms with Crippen LogP contribution in [0.2, 0.25) is 0 Å². The lowest BCUT2D eigenvalue weighted by Gasteiger charge is -2.28. The molecule has 2 unspecified atom stereocenters. The predicted molar refractivity (Wildman–Crippen MR) is 64.5 cm³/mol. The topological polar surface area (TPSA) is 58.6 Å². The van der Waals surface area contributed by atoms with Crippen molar-refractivity contribution in [3.8, 4) is 0 Å². The van der Waals surface area contributed by atoms with E-state index in [0.29, 0.717) is 13.2 Å². The van der Waals surface area contributed by atoms with Gasteiger partial charge in [-0.1, -0.05) is 0 Å². The Hall–Kier alpha value is -1.10. The summed E-state index contributed by atoms with van der Waals surface area (Å²) in [6, 6.07) is -0.528. The molecule has 1 saturated heterocycles. The second-order valence-corrected chi connectivity index (χ2v) is 4.22. The third-order valence-corrected chi connectivity index (χ3v) is 3.08. The Bertz CT molecular complexity index is 281. The largest absolute Gasteiger partial charge is 0.465 e. The van der Waals surface area contributed by atoms with Crippen molar-refractivity contribution in [2.75, 3.05) is 19.7 Å². The van der Waals surface area contributed by atoms with E-state index in [9.17, 15) is 9.59 Å². The van der Waals surface area contributed by atoms with E-state index in [4.69, 9.17) is 4.74 Å². The fourth-order valence-electron chi connectivity index (χ4n) is 2.22. The number of nitrogens with one attached hydrogen (secondary N) is 1. The molecule has 17 heavy (non-hydrogen) atoms. The monoisotopic (exact) mass is 242 g/mol. The standard InChI is InChI=1S/C12H22N2O3/c1-4-13-11(15)9(3)14-8-6-7-10(14)12(16)17-5-2/h9-10H,4-8H2,1-3H3,(H,13,15). The molecule has 0 bridgehead atoms. The Morgan fingerprint density at radius 2 is 2.18 bits per heavy atom. The number of carbonyl (C=O) groups excluding carboxylic acids is 2. The number of hydrogen-bond acceptors (Lipinski definition) is 4. The average molecular weight is 242 g/mol. The van der Waals surface area contributed by atoms with Crippen molar-refractivity contribution >= 4 is 11.9 Å². The van der Waals surface area contributed by atoms with E-state index in [1.54, 1.807) is 6.92 Å². The van der Waals surface area contributed by atoms with E-state index in [1.807, 2.05) is 18.7 Å². The lowest BCUT2D eigenvalue weighted by atomic mass is 10.2. The van der Waals surface area contributed by atoms with Gasteiger partial charge in [0.05, 0.1) is 12.6 Å². The van der Waals surface area contributed by atoms with Crippen molar-refractivity contribution in [1.82, 2.24) is 10.2 Å². The summed E-state index contributed by atoms with van der Waals surface area (Å²) in [6.45, 7) is 7.30. The van der Waals surface area contributed by atoms with E-state index in [2.05, 4.69) is 5.32 Å². The van der Waals surface area contributed by atoms with Crippen LogP contribution >= 0.6 is 0 Å². The third kappa shape index (κ3) is 3.43. The quantitative estimate of drug-likeness (QED) is 0.715. The van der Waals surface area contributed by atoms with Gasteiger partial charge < -0.3 is 10.1 Å². The van der Waals surface area contributed by atoms with E-state index in [1.165, 1.54) is 0 Å². The summed E-state index contributed by atoms with van der Waals surface area (Å²) in [7, 11) is 0. The Labute approximate surface area is 102 Å². The van der Waals surface area contributed by atoms with Crippen LogP contribution in [0.1, 0.15) is 33.6 Å². The fourth-order valence-corrected chi connectivity index (χ4v) is 2.22. The molecule has 1 amide bonds. The minimum absolute atomic E-state index is 0.0244. The van der Waals surface area contributed by atoms with Gasteiger partial charge in [-0.15, -0.1) is 0 Å². The van der Waals surface area contributed by atoms with Gasteiger partial charge in [0.2, 0.25) is 5.91 Å². The van der Waals surface area contributed by atoms with Crippen LogP contribution in [0.25, 0.3) is 0 Å². The number of likely N-dealkylation sites (tertiary alicyclic amines) is 1. The zero-order chi connectivity index (χ0) is 12.8. The van der Waals surface area contributed by atoms with Crippen LogP contribution in [-0.2, 0) is 14.3 Å². The van der Waals surface area contributed by atoms with Crippen LogP contribution < -0.4 is 5.32 Å². The maximum atomic E-state index is 11.8. The number of carbonyl (C=O) groups is 2. The molecule has 98 valence electrons. The predicted octanol–water partition coefficient (Wildman–Crippen LogP) is 0.539. The summed E-state index contributed by atoms with van der Waals surface area (Å²) in [4.78, 5) is 25.4. The molecule has 1 heterocycles. The van der Waals surface area contributed by atoms with Crippen molar-refractivity contribution in [3.05, 3.63) is 0 Å².